The van der Waals surface area contributed by atoms with Crippen molar-refractivity contribution in [3.63, 3.8) is 0 Å². The van der Waals surface area contributed by atoms with Gasteiger partial charge in [0.05, 0.1) is 5.69 Å². The topological polar surface area (TPSA) is 24.9 Å². The molecule has 1 aromatic rings. The molecule has 0 fully saturated rings. The summed E-state index contributed by atoms with van der Waals surface area (Å²) in [5.74, 6) is 0. The quantitative estimate of drug-likeness (QED) is 0.804. The fraction of sp³-hybridized carbons (Fsp3) is 0.357. The number of allylic oxidation sites excluding steroid dienone is 2. The highest BCUT2D eigenvalue weighted by atomic mass is 35.5. The summed E-state index contributed by atoms with van der Waals surface area (Å²) < 4.78 is 0. The van der Waals surface area contributed by atoms with Crippen molar-refractivity contribution in [1.82, 2.24) is 4.98 Å². The number of nitrogens with one attached hydrogen (secondary N) is 1. The molecule has 2 rings (SSSR count). The normalized spacial score (nSPS) is 13.9. The number of anilines is 1. The number of rotatable bonds is 4. The number of halogens is 1. The van der Waals surface area contributed by atoms with Crippen LogP contribution in [0.25, 0.3) is 12.2 Å². The molecule has 1 N–H and O–H groups in total. The van der Waals surface area contributed by atoms with Gasteiger partial charge in [0.1, 0.15) is 0 Å². The molecule has 0 saturated carbocycles. The first kappa shape index (κ1) is 12.2. The first-order valence-corrected chi connectivity index (χ1v) is 6.44. The summed E-state index contributed by atoms with van der Waals surface area (Å²) in [5, 5.41) is 4.28. The minimum Gasteiger partial charge on any atom is -0.384 e. The van der Waals surface area contributed by atoms with Crippen LogP contribution in [0.1, 0.15) is 37.4 Å². The molecule has 0 aromatic carbocycles. The van der Waals surface area contributed by atoms with Gasteiger partial charge in [0, 0.05) is 35.4 Å². The molecule has 3 heteroatoms. The highest BCUT2D eigenvalue weighted by Crippen LogP contribution is 2.27. The molecule has 1 aliphatic rings. The van der Waals surface area contributed by atoms with Crippen LogP contribution < -0.4 is 5.32 Å². The summed E-state index contributed by atoms with van der Waals surface area (Å²) in [6.45, 7) is 3.19. The summed E-state index contributed by atoms with van der Waals surface area (Å²) in [4.78, 5) is 4.37. The average molecular weight is 249 g/mol. The van der Waals surface area contributed by atoms with E-state index in [1.54, 1.807) is 0 Å². The lowest BCUT2D eigenvalue weighted by atomic mass is 10.1. The lowest BCUT2D eigenvalue weighted by molar-refractivity contribution is 0.834. The third kappa shape index (κ3) is 3.10. The Bertz CT molecular complexity index is 450. The second-order valence-electron chi connectivity index (χ2n) is 4.14. The number of fused-ring (bicyclic) bond motifs is 1. The van der Waals surface area contributed by atoms with Crippen molar-refractivity contribution in [3.8, 4) is 0 Å². The SMILES string of the molecule is CCCCNc1ccnc2c1C=CCC(Cl)=C2. The highest BCUT2D eigenvalue weighted by molar-refractivity contribution is 6.31. The van der Waals surface area contributed by atoms with Crippen molar-refractivity contribution in [2.45, 2.75) is 26.2 Å². The van der Waals surface area contributed by atoms with Gasteiger partial charge in [-0.3, -0.25) is 4.98 Å². The Morgan fingerprint density at radius 1 is 1.47 bits per heavy atom. The fourth-order valence-electron chi connectivity index (χ4n) is 1.83. The van der Waals surface area contributed by atoms with E-state index in [2.05, 4.69) is 29.4 Å². The number of hydrogen-bond donors (Lipinski definition) is 1. The number of hydrogen-bond acceptors (Lipinski definition) is 2. The van der Waals surface area contributed by atoms with Crippen molar-refractivity contribution in [1.29, 1.82) is 0 Å². The van der Waals surface area contributed by atoms with E-state index in [1.165, 1.54) is 12.8 Å². The molecule has 0 amide bonds. The minimum absolute atomic E-state index is 0.784. The molecular weight excluding hydrogens is 232 g/mol. The van der Waals surface area contributed by atoms with Gasteiger partial charge in [-0.25, -0.2) is 0 Å². The Balaban J connectivity index is 2.27. The largest absolute Gasteiger partial charge is 0.384 e. The predicted molar refractivity (Wildman–Crippen MR) is 75.1 cm³/mol. The molecule has 0 atom stereocenters. The molecule has 17 heavy (non-hydrogen) atoms. The standard InChI is InChI=1S/C14H17ClN2/c1-2-3-8-16-13-7-9-17-14-10-11(15)5-4-6-12(13)14/h4,6-7,9-10H,2-3,5,8H2,1H3,(H,16,17). The summed E-state index contributed by atoms with van der Waals surface area (Å²) in [6, 6.07) is 2.02. The molecule has 0 saturated heterocycles. The molecule has 1 aliphatic carbocycles. The van der Waals surface area contributed by atoms with Gasteiger partial charge in [0.2, 0.25) is 0 Å². The molecule has 0 bridgehead atoms. The van der Waals surface area contributed by atoms with Crippen molar-refractivity contribution in [2.24, 2.45) is 0 Å². The van der Waals surface area contributed by atoms with E-state index in [0.717, 1.165) is 34.9 Å². The molecule has 90 valence electrons. The zero-order valence-corrected chi connectivity index (χ0v) is 10.8. The van der Waals surface area contributed by atoms with Crippen LogP contribution in [-0.2, 0) is 0 Å². The maximum absolute atomic E-state index is 6.08. The van der Waals surface area contributed by atoms with Crippen LogP contribution in [0.4, 0.5) is 5.69 Å². The average Bonchev–Trinajstić information content (AvgIpc) is 2.50. The summed E-state index contributed by atoms with van der Waals surface area (Å²) in [5.41, 5.74) is 3.23. The number of unbranched alkanes of at least 4 members (excludes halogenated alkanes) is 1. The molecule has 1 heterocycles. The first-order valence-electron chi connectivity index (χ1n) is 6.06. The molecular formula is C14H17ClN2. The summed E-state index contributed by atoms with van der Waals surface area (Å²) >= 11 is 6.08. The van der Waals surface area contributed by atoms with Crippen LogP contribution in [0.15, 0.2) is 23.4 Å². The van der Waals surface area contributed by atoms with E-state index in [4.69, 9.17) is 11.6 Å². The molecule has 1 aromatic heterocycles. The zero-order valence-electron chi connectivity index (χ0n) is 10.0. The Morgan fingerprint density at radius 2 is 2.35 bits per heavy atom. The highest BCUT2D eigenvalue weighted by Gasteiger charge is 2.08. The maximum Gasteiger partial charge on any atom is 0.0734 e. The number of aromatic nitrogens is 1. The second kappa shape index (κ2) is 5.87. The van der Waals surface area contributed by atoms with Crippen LogP contribution in [0.5, 0.6) is 0 Å². The van der Waals surface area contributed by atoms with Crippen molar-refractivity contribution in [2.75, 3.05) is 11.9 Å². The smallest absolute Gasteiger partial charge is 0.0734 e. The van der Waals surface area contributed by atoms with E-state index in [1.807, 2.05) is 18.3 Å². The van der Waals surface area contributed by atoms with E-state index in [0.29, 0.717) is 0 Å². The first-order chi connectivity index (χ1) is 8.31. The van der Waals surface area contributed by atoms with E-state index < -0.39 is 0 Å². The third-order valence-electron chi connectivity index (χ3n) is 2.76. The number of pyridine rings is 1. The lowest BCUT2D eigenvalue weighted by Gasteiger charge is -2.10. The van der Waals surface area contributed by atoms with E-state index in [-0.39, 0.29) is 0 Å². The number of nitrogens with zero attached hydrogens (tertiary/aromatic N) is 1. The van der Waals surface area contributed by atoms with Crippen LogP contribution in [-0.4, -0.2) is 11.5 Å². The van der Waals surface area contributed by atoms with Gasteiger partial charge >= 0.3 is 0 Å². The van der Waals surface area contributed by atoms with Gasteiger partial charge in [0.15, 0.2) is 0 Å². The Kier molecular flexibility index (Phi) is 4.21. The van der Waals surface area contributed by atoms with Crippen LogP contribution >= 0.6 is 11.6 Å². The fourth-order valence-corrected chi connectivity index (χ4v) is 2.02. The second-order valence-corrected chi connectivity index (χ2v) is 4.62. The molecule has 0 spiro atoms. The van der Waals surface area contributed by atoms with Gasteiger partial charge in [-0.15, -0.1) is 0 Å². The summed E-state index contributed by atoms with van der Waals surface area (Å²) in [7, 11) is 0. The van der Waals surface area contributed by atoms with Gasteiger partial charge in [0.25, 0.3) is 0 Å². The van der Waals surface area contributed by atoms with Crippen molar-refractivity contribution in [3.05, 3.63) is 34.6 Å². The maximum atomic E-state index is 6.08. The Morgan fingerprint density at radius 3 is 3.18 bits per heavy atom. The van der Waals surface area contributed by atoms with Crippen molar-refractivity contribution >= 4 is 29.4 Å². The zero-order chi connectivity index (χ0) is 12.1. The third-order valence-corrected chi connectivity index (χ3v) is 3.02. The molecule has 0 aliphatic heterocycles. The monoisotopic (exact) mass is 248 g/mol. The van der Waals surface area contributed by atoms with E-state index in [9.17, 15) is 0 Å². The van der Waals surface area contributed by atoms with E-state index >= 15 is 0 Å². The van der Waals surface area contributed by atoms with Gasteiger partial charge in [-0.1, -0.05) is 37.1 Å². The van der Waals surface area contributed by atoms with Crippen molar-refractivity contribution < 1.29 is 0 Å². The van der Waals surface area contributed by atoms with Gasteiger partial charge in [-0.05, 0) is 18.6 Å². The molecule has 2 nitrogen and oxygen atoms in total. The van der Waals surface area contributed by atoms with Gasteiger partial charge in [-0.2, -0.15) is 0 Å². The van der Waals surface area contributed by atoms with Crippen LogP contribution in [0, 0.1) is 0 Å². The minimum atomic E-state index is 0.784. The Labute approximate surface area is 107 Å². The van der Waals surface area contributed by atoms with Gasteiger partial charge < -0.3 is 5.32 Å². The summed E-state index contributed by atoms with van der Waals surface area (Å²) in [6.07, 6.45) is 11.1. The predicted octanol–water partition coefficient (Wildman–Crippen LogP) is 4.29. The molecule has 0 radical (unpaired) electrons. The lowest BCUT2D eigenvalue weighted by Crippen LogP contribution is -2.03. The van der Waals surface area contributed by atoms with Crippen LogP contribution in [0.2, 0.25) is 0 Å². The molecule has 0 unspecified atom stereocenters. The van der Waals surface area contributed by atoms with Crippen LogP contribution in [0.3, 0.4) is 0 Å². The Hall–Kier alpha value is -1.28.